The molecule has 111 valence electrons. The van der Waals surface area contributed by atoms with Crippen LogP contribution in [0.1, 0.15) is 25.1 Å². The van der Waals surface area contributed by atoms with Crippen LogP contribution in [-0.2, 0) is 16.0 Å². The van der Waals surface area contributed by atoms with E-state index in [-0.39, 0.29) is 17.9 Å². The van der Waals surface area contributed by atoms with Crippen LogP contribution in [0.25, 0.3) is 0 Å². The molecule has 0 bridgehead atoms. The average molecular weight is 303 g/mol. The Morgan fingerprint density at radius 3 is 3.00 bits per heavy atom. The zero-order chi connectivity index (χ0) is 15.2. The molecular weight excluding hydrogens is 284 g/mol. The zero-order valence-electron chi connectivity index (χ0n) is 12.2. The zero-order valence-corrected chi connectivity index (χ0v) is 13.0. The number of thiophene rings is 1. The Balaban J connectivity index is 1.78. The van der Waals surface area contributed by atoms with Gasteiger partial charge in [0.2, 0.25) is 11.8 Å². The average Bonchev–Trinajstić information content (AvgIpc) is 2.91. The number of rotatable bonds is 5. The van der Waals surface area contributed by atoms with E-state index in [0.29, 0.717) is 6.42 Å². The standard InChI is InChI=1S/C16H19N2O2S/c1-11-5-3-6-13(9-11)18-16(20)12(2)17-15(19)10-14-7-4-8-21-14/h4-8,12-13H,9-10H2,1-2H3,(H,17,19)(H,18,20)/t12-,13+/m0/s1. The highest BCUT2D eigenvalue weighted by molar-refractivity contribution is 7.10. The van der Waals surface area contributed by atoms with Crippen LogP contribution in [0.15, 0.2) is 35.2 Å². The van der Waals surface area contributed by atoms with Crippen LogP contribution in [0, 0.1) is 6.08 Å². The largest absolute Gasteiger partial charge is 0.348 e. The first-order valence-electron chi connectivity index (χ1n) is 6.92. The van der Waals surface area contributed by atoms with E-state index >= 15 is 0 Å². The second-order valence-electron chi connectivity index (χ2n) is 5.19. The fraction of sp³-hybridized carbons (Fsp3) is 0.375. The third kappa shape index (κ3) is 4.86. The highest BCUT2D eigenvalue weighted by atomic mass is 32.1. The number of hydrogen-bond acceptors (Lipinski definition) is 3. The normalized spacial score (nSPS) is 18.8. The minimum absolute atomic E-state index is 0.0425. The molecule has 0 unspecified atom stereocenters. The van der Waals surface area contributed by atoms with Crippen LogP contribution in [-0.4, -0.2) is 23.9 Å². The highest BCUT2D eigenvalue weighted by Crippen LogP contribution is 2.11. The van der Waals surface area contributed by atoms with Gasteiger partial charge in [-0.2, -0.15) is 0 Å². The number of amides is 2. The van der Waals surface area contributed by atoms with E-state index in [2.05, 4.69) is 16.7 Å². The number of allylic oxidation sites excluding steroid dienone is 2. The summed E-state index contributed by atoms with van der Waals surface area (Å²) in [6.07, 6.45) is 7.86. The molecule has 1 aliphatic carbocycles. The van der Waals surface area contributed by atoms with E-state index in [0.717, 1.165) is 11.3 Å². The lowest BCUT2D eigenvalue weighted by atomic mass is 10.0. The van der Waals surface area contributed by atoms with Gasteiger partial charge in [-0.05, 0) is 37.8 Å². The van der Waals surface area contributed by atoms with Crippen molar-refractivity contribution in [2.45, 2.75) is 38.8 Å². The van der Waals surface area contributed by atoms with Crippen LogP contribution in [0.5, 0.6) is 0 Å². The summed E-state index contributed by atoms with van der Waals surface area (Å²) in [6.45, 7) is 3.70. The maximum Gasteiger partial charge on any atom is 0.242 e. The highest BCUT2D eigenvalue weighted by Gasteiger charge is 2.19. The Morgan fingerprint density at radius 1 is 1.52 bits per heavy atom. The Hall–Kier alpha value is -1.88. The molecule has 2 amide bonds. The maximum absolute atomic E-state index is 12.1. The molecule has 21 heavy (non-hydrogen) atoms. The molecule has 0 aromatic carbocycles. The lowest BCUT2D eigenvalue weighted by Gasteiger charge is -2.21. The molecule has 0 fully saturated rings. The van der Waals surface area contributed by atoms with Crippen molar-refractivity contribution in [3.05, 3.63) is 46.2 Å². The lowest BCUT2D eigenvalue weighted by Crippen LogP contribution is -2.48. The summed E-state index contributed by atoms with van der Waals surface area (Å²) in [6, 6.07) is 3.23. The summed E-state index contributed by atoms with van der Waals surface area (Å²) in [5.74, 6) is -0.311. The predicted octanol–water partition coefficient (Wildman–Crippen LogP) is 1.99. The van der Waals surface area contributed by atoms with Crippen LogP contribution >= 0.6 is 11.3 Å². The van der Waals surface area contributed by atoms with Gasteiger partial charge in [-0.3, -0.25) is 9.59 Å². The van der Waals surface area contributed by atoms with Crippen molar-refractivity contribution in [1.82, 2.24) is 10.6 Å². The van der Waals surface area contributed by atoms with Gasteiger partial charge in [-0.1, -0.05) is 23.8 Å². The maximum atomic E-state index is 12.1. The van der Waals surface area contributed by atoms with Gasteiger partial charge in [0.1, 0.15) is 6.04 Å². The Kier molecular flexibility index (Phi) is 5.33. The molecule has 1 aromatic heterocycles. The van der Waals surface area contributed by atoms with E-state index in [1.54, 1.807) is 6.92 Å². The van der Waals surface area contributed by atoms with Gasteiger partial charge in [0, 0.05) is 4.88 Å². The Morgan fingerprint density at radius 2 is 2.33 bits per heavy atom. The fourth-order valence-corrected chi connectivity index (χ4v) is 2.80. The van der Waals surface area contributed by atoms with Crippen molar-refractivity contribution < 1.29 is 9.59 Å². The molecule has 1 heterocycles. The molecule has 0 saturated heterocycles. The lowest BCUT2D eigenvalue weighted by molar-refractivity contribution is -0.128. The van der Waals surface area contributed by atoms with E-state index in [1.807, 2.05) is 36.6 Å². The molecule has 1 aromatic rings. The van der Waals surface area contributed by atoms with Crippen LogP contribution < -0.4 is 10.6 Å². The van der Waals surface area contributed by atoms with Crippen molar-refractivity contribution in [3.8, 4) is 0 Å². The van der Waals surface area contributed by atoms with E-state index < -0.39 is 6.04 Å². The molecule has 0 saturated carbocycles. The van der Waals surface area contributed by atoms with Crippen molar-refractivity contribution in [1.29, 1.82) is 0 Å². The molecule has 1 radical (unpaired) electrons. The summed E-state index contributed by atoms with van der Waals surface area (Å²) in [4.78, 5) is 24.9. The van der Waals surface area contributed by atoms with Gasteiger partial charge in [0.15, 0.2) is 0 Å². The van der Waals surface area contributed by atoms with Crippen molar-refractivity contribution in [2.24, 2.45) is 0 Å². The number of carbonyl (C=O) groups is 2. The molecule has 2 rings (SSSR count). The monoisotopic (exact) mass is 303 g/mol. The van der Waals surface area contributed by atoms with Crippen LogP contribution in [0.4, 0.5) is 0 Å². The topological polar surface area (TPSA) is 58.2 Å². The van der Waals surface area contributed by atoms with Gasteiger partial charge in [0.05, 0.1) is 12.5 Å². The van der Waals surface area contributed by atoms with Crippen LogP contribution in [0.3, 0.4) is 0 Å². The van der Waals surface area contributed by atoms with Gasteiger partial charge < -0.3 is 10.6 Å². The van der Waals surface area contributed by atoms with Gasteiger partial charge in [0.25, 0.3) is 0 Å². The quantitative estimate of drug-likeness (QED) is 0.874. The SMILES string of the molecule is CC1=C[C]=C[C@@H](NC(=O)[C@H](C)NC(=O)Cc2cccs2)C1. The molecule has 1 aliphatic rings. The molecular formula is C16H19N2O2S. The first-order valence-corrected chi connectivity index (χ1v) is 7.79. The first-order chi connectivity index (χ1) is 10.0. The summed E-state index contributed by atoms with van der Waals surface area (Å²) < 4.78 is 0. The number of carbonyl (C=O) groups excluding carboxylic acids is 2. The molecule has 4 nitrogen and oxygen atoms in total. The molecule has 5 heteroatoms. The van der Waals surface area contributed by atoms with Crippen LogP contribution in [0.2, 0.25) is 0 Å². The second-order valence-corrected chi connectivity index (χ2v) is 6.22. The first kappa shape index (κ1) is 15.5. The summed E-state index contributed by atoms with van der Waals surface area (Å²) in [5, 5.41) is 7.56. The smallest absolute Gasteiger partial charge is 0.242 e. The third-order valence-electron chi connectivity index (χ3n) is 3.18. The number of hydrogen-bond donors (Lipinski definition) is 2. The van der Waals surface area contributed by atoms with Gasteiger partial charge in [-0.15, -0.1) is 11.3 Å². The molecule has 0 aliphatic heterocycles. The van der Waals surface area contributed by atoms with E-state index in [9.17, 15) is 9.59 Å². The minimum Gasteiger partial charge on any atom is -0.348 e. The van der Waals surface area contributed by atoms with Crippen molar-refractivity contribution in [2.75, 3.05) is 0 Å². The summed E-state index contributed by atoms with van der Waals surface area (Å²) in [5.41, 5.74) is 1.18. The molecule has 2 atom stereocenters. The third-order valence-corrected chi connectivity index (χ3v) is 4.06. The summed E-state index contributed by atoms with van der Waals surface area (Å²) >= 11 is 1.53. The Labute approximate surface area is 128 Å². The Bertz CT molecular complexity index is 561. The predicted molar refractivity (Wildman–Crippen MR) is 83.7 cm³/mol. The number of nitrogens with one attached hydrogen (secondary N) is 2. The van der Waals surface area contributed by atoms with Crippen molar-refractivity contribution >= 4 is 23.2 Å². The van der Waals surface area contributed by atoms with Gasteiger partial charge >= 0.3 is 0 Å². The minimum atomic E-state index is -0.544. The van der Waals surface area contributed by atoms with E-state index in [4.69, 9.17) is 0 Å². The second kappa shape index (κ2) is 7.22. The fourth-order valence-electron chi connectivity index (χ4n) is 2.10. The van der Waals surface area contributed by atoms with Crippen molar-refractivity contribution in [3.63, 3.8) is 0 Å². The van der Waals surface area contributed by atoms with E-state index in [1.165, 1.54) is 16.9 Å². The van der Waals surface area contributed by atoms with Gasteiger partial charge in [-0.25, -0.2) is 0 Å². The molecule has 2 N–H and O–H groups in total. The summed E-state index contributed by atoms with van der Waals surface area (Å²) in [7, 11) is 0. The molecule has 0 spiro atoms.